The highest BCUT2D eigenvalue weighted by Crippen LogP contribution is 2.26. The van der Waals surface area contributed by atoms with Gasteiger partial charge in [0.1, 0.15) is 17.7 Å². The number of hydrogen-bond donors (Lipinski definition) is 1. The molecule has 3 aromatic rings. The summed E-state index contributed by atoms with van der Waals surface area (Å²) in [7, 11) is -3.71. The summed E-state index contributed by atoms with van der Waals surface area (Å²) >= 11 is 0. The Labute approximate surface area is 229 Å². The zero-order valence-electron chi connectivity index (χ0n) is 22.1. The minimum absolute atomic E-state index is 0.122. The van der Waals surface area contributed by atoms with E-state index in [9.17, 15) is 17.6 Å². The van der Waals surface area contributed by atoms with Crippen LogP contribution in [-0.4, -0.2) is 55.7 Å². The summed E-state index contributed by atoms with van der Waals surface area (Å²) < 4.78 is 50.7. The van der Waals surface area contributed by atoms with Gasteiger partial charge >= 0.3 is 5.91 Å². The normalized spacial score (nSPS) is 15.2. The Bertz CT molecular complexity index is 1470. The van der Waals surface area contributed by atoms with Gasteiger partial charge in [-0.3, -0.25) is 4.90 Å². The molecular formula is C30H33FN3O4S+. The molecule has 1 N–H and O–H groups in total. The van der Waals surface area contributed by atoms with Crippen LogP contribution in [0.25, 0.3) is 0 Å². The lowest BCUT2D eigenvalue weighted by molar-refractivity contribution is -0.451. The molecule has 3 aromatic carbocycles. The van der Waals surface area contributed by atoms with E-state index in [2.05, 4.69) is 16.2 Å². The fraction of sp³-hybridized carbons (Fsp3) is 0.267. The second kappa shape index (κ2) is 12.5. The summed E-state index contributed by atoms with van der Waals surface area (Å²) in [5.41, 5.74) is 2.96. The number of benzene rings is 3. The van der Waals surface area contributed by atoms with Crippen molar-refractivity contribution in [2.75, 3.05) is 26.2 Å². The van der Waals surface area contributed by atoms with E-state index in [4.69, 9.17) is 4.74 Å². The number of hydrogen-bond acceptors (Lipinski definition) is 5. The number of ether oxygens (including phenoxy) is 1. The second-order valence-corrected chi connectivity index (χ2v) is 11.3. The van der Waals surface area contributed by atoms with Crippen LogP contribution in [0.2, 0.25) is 0 Å². The van der Waals surface area contributed by atoms with Gasteiger partial charge in [-0.15, -0.1) is 0 Å². The molecule has 1 aliphatic rings. The molecule has 0 spiro atoms. The van der Waals surface area contributed by atoms with E-state index >= 15 is 0 Å². The van der Waals surface area contributed by atoms with Gasteiger partial charge in [-0.2, -0.15) is 4.58 Å². The molecule has 0 aliphatic carbocycles. The predicted molar refractivity (Wildman–Crippen MR) is 149 cm³/mol. The third-order valence-corrected chi connectivity index (χ3v) is 8.12. The summed E-state index contributed by atoms with van der Waals surface area (Å²) in [5, 5.41) is 0. The van der Waals surface area contributed by atoms with Crippen LogP contribution >= 0.6 is 0 Å². The maximum Gasteiger partial charge on any atom is 0.411 e. The number of nitrogens with zero attached hydrogens (tertiary/aromatic N) is 2. The number of sulfonamides is 1. The monoisotopic (exact) mass is 550 g/mol. The summed E-state index contributed by atoms with van der Waals surface area (Å²) in [6.07, 6.45) is 0.787. The molecule has 0 aromatic heterocycles. The van der Waals surface area contributed by atoms with Gasteiger partial charge in [-0.05, 0) is 53.9 Å². The second-order valence-electron chi connectivity index (χ2n) is 9.56. The largest absolute Gasteiger partial charge is 0.484 e. The molecule has 39 heavy (non-hydrogen) atoms. The van der Waals surface area contributed by atoms with Crippen molar-refractivity contribution < 1.29 is 26.9 Å². The van der Waals surface area contributed by atoms with E-state index in [1.54, 1.807) is 29.7 Å². The Morgan fingerprint density at radius 2 is 1.85 bits per heavy atom. The van der Waals surface area contributed by atoms with E-state index in [0.29, 0.717) is 43.1 Å². The Balaban J connectivity index is 1.50. The third-order valence-electron chi connectivity index (χ3n) is 6.71. The topological polar surface area (TPSA) is 78.7 Å². The molecule has 0 saturated carbocycles. The highest BCUT2D eigenvalue weighted by atomic mass is 32.2. The van der Waals surface area contributed by atoms with Crippen LogP contribution in [0.1, 0.15) is 29.7 Å². The van der Waals surface area contributed by atoms with E-state index in [1.165, 1.54) is 24.3 Å². The van der Waals surface area contributed by atoms with Gasteiger partial charge in [-0.1, -0.05) is 49.0 Å². The lowest BCUT2D eigenvalue weighted by atomic mass is 10.1. The Morgan fingerprint density at radius 1 is 1.13 bits per heavy atom. The third kappa shape index (κ3) is 7.26. The van der Waals surface area contributed by atoms with E-state index < -0.39 is 16.1 Å². The van der Waals surface area contributed by atoms with Crippen molar-refractivity contribution in [3.8, 4) is 5.75 Å². The predicted octanol–water partition coefficient (Wildman–Crippen LogP) is 4.23. The lowest BCUT2D eigenvalue weighted by Crippen LogP contribution is -2.47. The van der Waals surface area contributed by atoms with Gasteiger partial charge in [-0.25, -0.2) is 22.3 Å². The molecule has 0 radical (unpaired) electrons. The standard InChI is InChI=1S/C30H33FN3O4S/c1-4-30(35)34-17-16-33(20-23(34)3)21-29(25-11-10-22(2)28(31)18-25)38-26-12-14-27(15-13-26)39(36,37)32-19-24-8-6-5-7-9-24/h4-15,18,29,32H,1,16-17,19-21H2,2-3H3/q+1/t29-/m0/s1. The molecule has 1 aliphatic heterocycles. The zero-order chi connectivity index (χ0) is 28.0. The van der Waals surface area contributed by atoms with Gasteiger partial charge in [0, 0.05) is 26.1 Å². The summed E-state index contributed by atoms with van der Waals surface area (Å²) in [5.74, 6) is 0.00851. The van der Waals surface area contributed by atoms with Gasteiger partial charge in [0.05, 0.1) is 18.0 Å². The first kappa shape index (κ1) is 28.4. The number of halogens is 1. The molecule has 204 valence electrons. The number of carbonyl (C=O) groups is 1. The number of aryl methyl sites for hydroxylation is 1. The zero-order valence-corrected chi connectivity index (χ0v) is 23.0. The highest BCUT2D eigenvalue weighted by Gasteiger charge is 2.29. The number of nitrogens with one attached hydrogen (secondary N) is 1. The van der Waals surface area contributed by atoms with Crippen molar-refractivity contribution in [2.45, 2.75) is 31.4 Å². The van der Waals surface area contributed by atoms with Crippen molar-refractivity contribution in [3.05, 3.63) is 108 Å². The smallest absolute Gasteiger partial charge is 0.411 e. The van der Waals surface area contributed by atoms with Crippen molar-refractivity contribution in [1.29, 1.82) is 0 Å². The molecule has 0 saturated heterocycles. The Morgan fingerprint density at radius 3 is 2.49 bits per heavy atom. The van der Waals surface area contributed by atoms with Crippen LogP contribution < -0.4 is 9.46 Å². The van der Waals surface area contributed by atoms with Gasteiger partial charge in [0.25, 0.3) is 0 Å². The molecular weight excluding hydrogens is 517 g/mol. The van der Waals surface area contributed by atoms with Crippen molar-refractivity contribution in [3.63, 3.8) is 0 Å². The summed E-state index contributed by atoms with van der Waals surface area (Å²) in [6.45, 7) is 9.51. The van der Waals surface area contributed by atoms with Crippen LogP contribution in [0.3, 0.4) is 0 Å². The number of carbonyl (C=O) groups excluding carboxylic acids is 1. The average Bonchev–Trinajstić information content (AvgIpc) is 2.94. The van der Waals surface area contributed by atoms with Crippen LogP contribution in [0.5, 0.6) is 5.75 Å². The molecule has 1 atom stereocenters. The van der Waals surface area contributed by atoms with Crippen molar-refractivity contribution >= 4 is 21.6 Å². The van der Waals surface area contributed by atoms with Gasteiger partial charge in [0.2, 0.25) is 10.0 Å². The lowest BCUT2D eigenvalue weighted by Gasteiger charge is -2.29. The van der Waals surface area contributed by atoms with E-state index in [-0.39, 0.29) is 23.2 Å². The fourth-order valence-electron chi connectivity index (χ4n) is 4.46. The first-order valence-electron chi connectivity index (χ1n) is 12.7. The minimum atomic E-state index is -3.71. The first-order chi connectivity index (χ1) is 18.7. The summed E-state index contributed by atoms with van der Waals surface area (Å²) in [6, 6.07) is 20.5. The van der Waals surface area contributed by atoms with E-state index in [1.807, 2.05) is 43.3 Å². The molecule has 0 bridgehead atoms. The fourth-order valence-corrected chi connectivity index (χ4v) is 5.48. The van der Waals surface area contributed by atoms with Crippen molar-refractivity contribution in [2.24, 2.45) is 0 Å². The molecule has 0 fully saturated rings. The molecule has 1 amide bonds. The molecule has 1 heterocycles. The van der Waals surface area contributed by atoms with Crippen LogP contribution in [0.4, 0.5) is 4.39 Å². The first-order valence-corrected chi connectivity index (χ1v) is 14.2. The number of amides is 1. The molecule has 9 heteroatoms. The maximum atomic E-state index is 14.5. The minimum Gasteiger partial charge on any atom is -0.484 e. The van der Waals surface area contributed by atoms with Crippen LogP contribution in [0, 0.1) is 12.7 Å². The quantitative estimate of drug-likeness (QED) is 0.302. The maximum absolute atomic E-state index is 14.5. The van der Waals surface area contributed by atoms with Gasteiger partial charge < -0.3 is 4.74 Å². The van der Waals surface area contributed by atoms with Crippen LogP contribution in [-0.2, 0) is 21.4 Å². The Hall–Kier alpha value is -3.66. The summed E-state index contributed by atoms with van der Waals surface area (Å²) in [4.78, 5) is 14.4. The van der Waals surface area contributed by atoms with Crippen molar-refractivity contribution in [1.82, 2.24) is 9.62 Å². The number of rotatable bonds is 10. The Kier molecular flexibility index (Phi) is 9.06. The molecule has 4 rings (SSSR count). The average molecular weight is 551 g/mol. The molecule has 7 nitrogen and oxygen atoms in total. The van der Waals surface area contributed by atoms with Crippen LogP contribution in [0.15, 0.2) is 90.3 Å². The highest BCUT2D eigenvalue weighted by molar-refractivity contribution is 7.89. The van der Waals surface area contributed by atoms with E-state index in [0.717, 1.165) is 11.3 Å². The SMILES string of the molecule is C=CC(=O)[N+]1=C(C)CN(C[C@H](Oc2ccc(S(=O)(=O)NCc3ccccc3)cc2)c2ccc(C)c(F)c2)CC1. The van der Waals surface area contributed by atoms with Gasteiger partial charge in [0.15, 0.2) is 12.3 Å². The molecule has 0 unspecified atom stereocenters.